The maximum atomic E-state index is 13.3. The van der Waals surface area contributed by atoms with E-state index < -0.39 is 0 Å². The van der Waals surface area contributed by atoms with Crippen molar-refractivity contribution < 1.29 is 4.39 Å². The van der Waals surface area contributed by atoms with Gasteiger partial charge in [-0.1, -0.05) is 19.1 Å². The molecular formula is C16H16FN3. The minimum Gasteiger partial charge on any atom is -0.323 e. The molecule has 0 saturated carbocycles. The topological polar surface area (TPSA) is 30.7 Å². The molecule has 3 rings (SSSR count). The molecule has 0 bridgehead atoms. The molecule has 4 heteroatoms. The molecule has 3 nitrogen and oxygen atoms in total. The summed E-state index contributed by atoms with van der Waals surface area (Å²) < 4.78 is 15.4. The molecule has 0 aliphatic rings. The zero-order valence-corrected chi connectivity index (χ0v) is 11.4. The lowest BCUT2D eigenvalue weighted by Crippen LogP contribution is -2.05. The van der Waals surface area contributed by atoms with Crippen molar-refractivity contribution in [2.45, 2.75) is 26.3 Å². The number of imidazole rings is 1. The maximum Gasteiger partial charge on any atom is 0.141 e. The fraction of sp³-hybridized carbons (Fsp3) is 0.250. The quantitative estimate of drug-likeness (QED) is 0.725. The van der Waals surface area contributed by atoms with Gasteiger partial charge in [0.05, 0.1) is 23.8 Å². The molecule has 102 valence electrons. The molecule has 20 heavy (non-hydrogen) atoms. The number of hydrogen-bond acceptors (Lipinski definition) is 2. The fourth-order valence-electron chi connectivity index (χ4n) is 2.44. The third-order valence-corrected chi connectivity index (χ3v) is 3.31. The number of nitrogens with zero attached hydrogens (tertiary/aromatic N) is 3. The summed E-state index contributed by atoms with van der Waals surface area (Å²) in [6.45, 7) is 2.73. The Morgan fingerprint density at radius 3 is 2.85 bits per heavy atom. The van der Waals surface area contributed by atoms with Crippen molar-refractivity contribution in [3.8, 4) is 0 Å². The highest BCUT2D eigenvalue weighted by molar-refractivity contribution is 5.76. The van der Waals surface area contributed by atoms with Crippen molar-refractivity contribution in [2.24, 2.45) is 0 Å². The first-order valence-corrected chi connectivity index (χ1v) is 6.81. The van der Waals surface area contributed by atoms with Crippen LogP contribution in [0.15, 0.2) is 42.7 Å². The van der Waals surface area contributed by atoms with Gasteiger partial charge in [-0.25, -0.2) is 9.37 Å². The van der Waals surface area contributed by atoms with Crippen molar-refractivity contribution in [2.75, 3.05) is 0 Å². The molecular weight excluding hydrogens is 253 g/mol. The second-order valence-electron chi connectivity index (χ2n) is 4.86. The predicted octanol–water partition coefficient (Wildman–Crippen LogP) is 3.57. The molecule has 0 radical (unpaired) electrons. The largest absolute Gasteiger partial charge is 0.323 e. The first-order valence-electron chi connectivity index (χ1n) is 6.81. The smallest absolute Gasteiger partial charge is 0.141 e. The summed E-state index contributed by atoms with van der Waals surface area (Å²) in [5.74, 6) is 0.738. The van der Waals surface area contributed by atoms with Crippen LogP contribution in [-0.4, -0.2) is 14.5 Å². The number of pyridine rings is 1. The number of aromatic nitrogens is 3. The maximum absolute atomic E-state index is 13.3. The number of para-hydroxylation sites is 2. The Kier molecular flexibility index (Phi) is 3.46. The fourth-order valence-corrected chi connectivity index (χ4v) is 2.44. The van der Waals surface area contributed by atoms with E-state index in [1.807, 2.05) is 24.3 Å². The standard InChI is InChI=1S/C16H16FN3/c1-2-5-16-19-14-6-3-4-7-15(14)20(16)11-12-8-13(17)10-18-9-12/h3-4,6-10H,2,5,11H2,1H3. The third-order valence-electron chi connectivity index (χ3n) is 3.31. The van der Waals surface area contributed by atoms with Gasteiger partial charge in [-0.2, -0.15) is 0 Å². The summed E-state index contributed by atoms with van der Waals surface area (Å²) in [5, 5.41) is 0. The molecule has 0 spiro atoms. The average Bonchev–Trinajstić information content (AvgIpc) is 2.78. The van der Waals surface area contributed by atoms with Crippen LogP contribution in [0, 0.1) is 5.82 Å². The summed E-state index contributed by atoms with van der Waals surface area (Å²) in [7, 11) is 0. The van der Waals surface area contributed by atoms with Crippen LogP contribution in [0.1, 0.15) is 24.7 Å². The lowest BCUT2D eigenvalue weighted by Gasteiger charge is -2.08. The Bertz CT molecular complexity index is 733. The molecule has 0 aliphatic carbocycles. The molecule has 0 amide bonds. The van der Waals surface area contributed by atoms with Gasteiger partial charge >= 0.3 is 0 Å². The first kappa shape index (κ1) is 12.8. The molecule has 2 aromatic heterocycles. The number of hydrogen-bond donors (Lipinski definition) is 0. The van der Waals surface area contributed by atoms with Crippen LogP contribution in [0.3, 0.4) is 0 Å². The van der Waals surface area contributed by atoms with Crippen LogP contribution in [0.5, 0.6) is 0 Å². The zero-order chi connectivity index (χ0) is 13.9. The summed E-state index contributed by atoms with van der Waals surface area (Å²) in [6, 6.07) is 9.57. The highest BCUT2D eigenvalue weighted by atomic mass is 19.1. The normalized spacial score (nSPS) is 11.1. The Balaban J connectivity index is 2.06. The van der Waals surface area contributed by atoms with E-state index in [4.69, 9.17) is 0 Å². The first-order chi connectivity index (χ1) is 9.78. The minimum atomic E-state index is -0.302. The van der Waals surface area contributed by atoms with Crippen molar-refractivity contribution in [3.05, 3.63) is 59.9 Å². The van der Waals surface area contributed by atoms with E-state index in [9.17, 15) is 4.39 Å². The van der Waals surface area contributed by atoms with Gasteiger partial charge in [0.15, 0.2) is 0 Å². The SMILES string of the molecule is CCCc1nc2ccccc2n1Cc1cncc(F)c1. The van der Waals surface area contributed by atoms with Crippen molar-refractivity contribution in [1.29, 1.82) is 0 Å². The van der Waals surface area contributed by atoms with Gasteiger partial charge in [0.2, 0.25) is 0 Å². The summed E-state index contributed by atoms with van der Waals surface area (Å²) in [6.07, 6.45) is 4.87. The molecule has 0 unspecified atom stereocenters. The third kappa shape index (κ3) is 2.41. The summed E-state index contributed by atoms with van der Waals surface area (Å²) in [5.41, 5.74) is 2.92. The zero-order valence-electron chi connectivity index (χ0n) is 11.4. The number of fused-ring (bicyclic) bond motifs is 1. The highest BCUT2D eigenvalue weighted by Gasteiger charge is 2.10. The van der Waals surface area contributed by atoms with E-state index >= 15 is 0 Å². The Hall–Kier alpha value is -2.23. The number of benzene rings is 1. The van der Waals surface area contributed by atoms with Crippen molar-refractivity contribution in [3.63, 3.8) is 0 Å². The molecule has 0 N–H and O–H groups in total. The van der Waals surface area contributed by atoms with Gasteiger partial charge in [-0.05, 0) is 30.2 Å². The molecule has 0 fully saturated rings. The van der Waals surface area contributed by atoms with Crippen LogP contribution in [0.25, 0.3) is 11.0 Å². The number of aryl methyl sites for hydroxylation is 1. The molecule has 0 aliphatic heterocycles. The van der Waals surface area contributed by atoms with Gasteiger partial charge in [-0.3, -0.25) is 4.98 Å². The van der Waals surface area contributed by atoms with Gasteiger partial charge in [0, 0.05) is 12.6 Å². The van der Waals surface area contributed by atoms with Crippen LogP contribution in [-0.2, 0) is 13.0 Å². The van der Waals surface area contributed by atoms with Gasteiger partial charge in [0.1, 0.15) is 11.6 Å². The molecule has 2 heterocycles. The Morgan fingerprint density at radius 1 is 1.20 bits per heavy atom. The predicted molar refractivity (Wildman–Crippen MR) is 77.0 cm³/mol. The van der Waals surface area contributed by atoms with E-state index in [-0.39, 0.29) is 5.82 Å². The van der Waals surface area contributed by atoms with E-state index in [1.165, 1.54) is 12.3 Å². The molecule has 0 atom stereocenters. The molecule has 3 aromatic rings. The van der Waals surface area contributed by atoms with E-state index in [2.05, 4.69) is 21.5 Å². The Labute approximate surface area is 117 Å². The van der Waals surface area contributed by atoms with Crippen molar-refractivity contribution in [1.82, 2.24) is 14.5 Å². The van der Waals surface area contributed by atoms with E-state index in [0.717, 1.165) is 35.3 Å². The molecule has 0 saturated heterocycles. The van der Waals surface area contributed by atoms with Crippen molar-refractivity contribution >= 4 is 11.0 Å². The van der Waals surface area contributed by atoms with Crippen LogP contribution in [0.2, 0.25) is 0 Å². The monoisotopic (exact) mass is 269 g/mol. The van der Waals surface area contributed by atoms with Gasteiger partial charge in [0.25, 0.3) is 0 Å². The van der Waals surface area contributed by atoms with Crippen LogP contribution < -0.4 is 0 Å². The highest BCUT2D eigenvalue weighted by Crippen LogP contribution is 2.19. The van der Waals surface area contributed by atoms with Gasteiger partial charge in [-0.15, -0.1) is 0 Å². The second-order valence-corrected chi connectivity index (χ2v) is 4.86. The van der Waals surface area contributed by atoms with E-state index in [0.29, 0.717) is 6.54 Å². The van der Waals surface area contributed by atoms with Crippen LogP contribution >= 0.6 is 0 Å². The van der Waals surface area contributed by atoms with E-state index in [1.54, 1.807) is 6.20 Å². The lowest BCUT2D eigenvalue weighted by atomic mass is 10.2. The summed E-state index contributed by atoms with van der Waals surface area (Å²) >= 11 is 0. The number of rotatable bonds is 4. The van der Waals surface area contributed by atoms with Crippen LogP contribution in [0.4, 0.5) is 4.39 Å². The lowest BCUT2D eigenvalue weighted by molar-refractivity contribution is 0.615. The number of halogens is 1. The van der Waals surface area contributed by atoms with Gasteiger partial charge < -0.3 is 4.57 Å². The Morgan fingerprint density at radius 2 is 2.05 bits per heavy atom. The minimum absolute atomic E-state index is 0.302. The average molecular weight is 269 g/mol. The second kappa shape index (κ2) is 5.41. The summed E-state index contributed by atoms with van der Waals surface area (Å²) in [4.78, 5) is 8.58. The molecule has 1 aromatic carbocycles.